The largest absolute Gasteiger partial charge is 0.347 e. The van der Waals surface area contributed by atoms with Gasteiger partial charge in [-0.25, -0.2) is 4.68 Å². The van der Waals surface area contributed by atoms with Crippen molar-refractivity contribution in [3.63, 3.8) is 0 Å². The summed E-state index contributed by atoms with van der Waals surface area (Å²) in [5.41, 5.74) is 2.36. The van der Waals surface area contributed by atoms with Gasteiger partial charge in [-0.05, 0) is 25.0 Å². The maximum Gasteiger partial charge on any atom is 0.273 e. The van der Waals surface area contributed by atoms with Gasteiger partial charge in [0, 0.05) is 14.1 Å². The first-order valence-electron chi connectivity index (χ1n) is 7.35. The molecule has 7 nitrogen and oxygen atoms in total. The van der Waals surface area contributed by atoms with Crippen molar-refractivity contribution >= 4 is 11.8 Å². The molecule has 2 rings (SSSR count). The summed E-state index contributed by atoms with van der Waals surface area (Å²) in [5, 5.41) is 10.5. The van der Waals surface area contributed by atoms with Gasteiger partial charge in [0.25, 0.3) is 5.91 Å². The van der Waals surface area contributed by atoms with E-state index < -0.39 is 0 Å². The summed E-state index contributed by atoms with van der Waals surface area (Å²) in [6.45, 7) is 3.97. The van der Waals surface area contributed by atoms with Crippen LogP contribution in [0.25, 0.3) is 0 Å². The van der Waals surface area contributed by atoms with E-state index in [1.165, 1.54) is 15.8 Å². The molecule has 0 spiro atoms. The van der Waals surface area contributed by atoms with Crippen molar-refractivity contribution < 1.29 is 9.59 Å². The number of nitrogens with zero attached hydrogens (tertiary/aromatic N) is 4. The van der Waals surface area contributed by atoms with E-state index in [1.54, 1.807) is 14.1 Å². The molecule has 2 amide bonds. The minimum Gasteiger partial charge on any atom is -0.347 e. The standard InChI is InChI=1S/C16H21N5O2/c1-11-7-5-6-8-13(11)12(2)17-16(23)14-9-21(19-18-14)10-15(22)20(3)4/h5-9,12H,10H2,1-4H3,(H,17,23)/t12-/m1/s1. The van der Waals surface area contributed by atoms with Crippen LogP contribution in [0.5, 0.6) is 0 Å². The molecular formula is C16H21N5O2. The molecule has 0 aliphatic rings. The van der Waals surface area contributed by atoms with Crippen LogP contribution in [-0.2, 0) is 11.3 Å². The van der Waals surface area contributed by atoms with E-state index in [4.69, 9.17) is 0 Å². The lowest BCUT2D eigenvalue weighted by molar-refractivity contribution is -0.129. The maximum atomic E-state index is 12.3. The van der Waals surface area contributed by atoms with Crippen LogP contribution in [-0.4, -0.2) is 45.8 Å². The van der Waals surface area contributed by atoms with Crippen LogP contribution in [0.15, 0.2) is 30.5 Å². The number of hydrogen-bond donors (Lipinski definition) is 1. The number of nitrogens with one attached hydrogen (secondary N) is 1. The minimum absolute atomic E-state index is 0.0562. The third-order valence-corrected chi connectivity index (χ3v) is 3.57. The van der Waals surface area contributed by atoms with Crippen molar-refractivity contribution in [3.05, 3.63) is 47.3 Å². The van der Waals surface area contributed by atoms with Gasteiger partial charge < -0.3 is 10.2 Å². The Bertz CT molecular complexity index is 708. The molecule has 0 bridgehead atoms. The molecule has 0 saturated carbocycles. The summed E-state index contributed by atoms with van der Waals surface area (Å²) in [4.78, 5) is 25.3. The lowest BCUT2D eigenvalue weighted by Gasteiger charge is -2.15. The quantitative estimate of drug-likeness (QED) is 0.898. The van der Waals surface area contributed by atoms with Gasteiger partial charge in [0.15, 0.2) is 5.69 Å². The summed E-state index contributed by atoms with van der Waals surface area (Å²) >= 11 is 0. The predicted molar refractivity (Wildman–Crippen MR) is 85.8 cm³/mol. The summed E-state index contributed by atoms with van der Waals surface area (Å²) in [6, 6.07) is 7.74. The zero-order valence-electron chi connectivity index (χ0n) is 13.8. The van der Waals surface area contributed by atoms with Crippen molar-refractivity contribution in [3.8, 4) is 0 Å². The first-order chi connectivity index (χ1) is 10.9. The van der Waals surface area contributed by atoms with Gasteiger partial charge in [-0.15, -0.1) is 5.10 Å². The van der Waals surface area contributed by atoms with Gasteiger partial charge in [-0.2, -0.15) is 0 Å². The highest BCUT2D eigenvalue weighted by Gasteiger charge is 2.16. The van der Waals surface area contributed by atoms with E-state index >= 15 is 0 Å². The fraction of sp³-hybridized carbons (Fsp3) is 0.375. The second-order valence-electron chi connectivity index (χ2n) is 5.64. The second-order valence-corrected chi connectivity index (χ2v) is 5.64. The van der Waals surface area contributed by atoms with Crippen LogP contribution in [0, 0.1) is 6.92 Å². The van der Waals surface area contributed by atoms with Crippen LogP contribution in [0.1, 0.15) is 34.6 Å². The van der Waals surface area contributed by atoms with E-state index in [0.717, 1.165) is 11.1 Å². The molecular weight excluding hydrogens is 294 g/mol. The number of hydrogen-bond acceptors (Lipinski definition) is 4. The molecule has 2 aromatic rings. The van der Waals surface area contributed by atoms with Crippen LogP contribution in [0.3, 0.4) is 0 Å². The zero-order valence-corrected chi connectivity index (χ0v) is 13.8. The fourth-order valence-corrected chi connectivity index (χ4v) is 2.18. The Morgan fingerprint density at radius 1 is 1.30 bits per heavy atom. The Morgan fingerprint density at radius 3 is 2.65 bits per heavy atom. The number of carbonyl (C=O) groups is 2. The third-order valence-electron chi connectivity index (χ3n) is 3.57. The van der Waals surface area contributed by atoms with Crippen LogP contribution < -0.4 is 5.32 Å². The van der Waals surface area contributed by atoms with E-state index in [-0.39, 0.29) is 30.1 Å². The number of carbonyl (C=O) groups excluding carboxylic acids is 2. The first kappa shape index (κ1) is 16.7. The van der Waals surface area contributed by atoms with Gasteiger partial charge in [0.05, 0.1) is 12.2 Å². The van der Waals surface area contributed by atoms with Crippen molar-refractivity contribution in [2.75, 3.05) is 14.1 Å². The van der Waals surface area contributed by atoms with Gasteiger partial charge in [0.2, 0.25) is 5.91 Å². The number of aromatic nitrogens is 3. The molecule has 1 aromatic carbocycles. The molecule has 0 unspecified atom stereocenters. The van der Waals surface area contributed by atoms with Gasteiger partial charge in [-0.3, -0.25) is 9.59 Å². The summed E-state index contributed by atoms with van der Waals surface area (Å²) < 4.78 is 1.36. The monoisotopic (exact) mass is 315 g/mol. The number of likely N-dealkylation sites (N-methyl/N-ethyl adjacent to an activating group) is 1. The third kappa shape index (κ3) is 4.15. The van der Waals surface area contributed by atoms with Crippen molar-refractivity contribution in [1.29, 1.82) is 0 Å². The highest BCUT2D eigenvalue weighted by atomic mass is 16.2. The molecule has 0 aliphatic heterocycles. The summed E-state index contributed by atoms with van der Waals surface area (Å²) in [5.74, 6) is -0.431. The average molecular weight is 315 g/mol. The SMILES string of the molecule is Cc1ccccc1[C@@H](C)NC(=O)c1cn(CC(=O)N(C)C)nn1. The Kier molecular flexibility index (Phi) is 5.10. The van der Waals surface area contributed by atoms with Crippen LogP contribution in [0.2, 0.25) is 0 Å². The Morgan fingerprint density at radius 2 is 2.00 bits per heavy atom. The van der Waals surface area contributed by atoms with E-state index in [2.05, 4.69) is 15.6 Å². The molecule has 1 heterocycles. The number of aryl methyl sites for hydroxylation is 1. The molecule has 0 saturated heterocycles. The lowest BCUT2D eigenvalue weighted by atomic mass is 10.0. The topological polar surface area (TPSA) is 80.1 Å². The predicted octanol–water partition coefficient (Wildman–Crippen LogP) is 1.17. The maximum absolute atomic E-state index is 12.3. The fourth-order valence-electron chi connectivity index (χ4n) is 2.18. The minimum atomic E-state index is -0.315. The second kappa shape index (κ2) is 7.04. The highest BCUT2D eigenvalue weighted by Crippen LogP contribution is 2.16. The molecule has 23 heavy (non-hydrogen) atoms. The van der Waals surface area contributed by atoms with E-state index in [9.17, 15) is 9.59 Å². The van der Waals surface area contributed by atoms with Crippen LogP contribution >= 0.6 is 0 Å². The highest BCUT2D eigenvalue weighted by molar-refractivity contribution is 5.92. The Labute approximate surface area is 135 Å². The normalized spacial score (nSPS) is 11.8. The molecule has 1 N–H and O–H groups in total. The average Bonchev–Trinajstić information content (AvgIpc) is 2.96. The van der Waals surface area contributed by atoms with Crippen molar-refractivity contribution in [2.24, 2.45) is 0 Å². The molecule has 7 heteroatoms. The molecule has 1 aromatic heterocycles. The number of rotatable bonds is 5. The molecule has 0 fully saturated rings. The van der Waals surface area contributed by atoms with E-state index in [0.29, 0.717) is 0 Å². The summed E-state index contributed by atoms with van der Waals surface area (Å²) in [6.07, 6.45) is 1.47. The molecule has 0 radical (unpaired) electrons. The molecule has 122 valence electrons. The van der Waals surface area contributed by atoms with E-state index in [1.807, 2.05) is 38.1 Å². The molecule has 1 atom stereocenters. The first-order valence-corrected chi connectivity index (χ1v) is 7.35. The van der Waals surface area contributed by atoms with Gasteiger partial charge >= 0.3 is 0 Å². The Hall–Kier alpha value is -2.70. The van der Waals surface area contributed by atoms with Crippen LogP contribution in [0.4, 0.5) is 0 Å². The molecule has 0 aliphatic carbocycles. The smallest absolute Gasteiger partial charge is 0.273 e. The van der Waals surface area contributed by atoms with Crippen molar-refractivity contribution in [1.82, 2.24) is 25.2 Å². The van der Waals surface area contributed by atoms with Crippen molar-refractivity contribution in [2.45, 2.75) is 26.4 Å². The number of benzene rings is 1. The number of amides is 2. The van der Waals surface area contributed by atoms with Gasteiger partial charge in [-0.1, -0.05) is 29.5 Å². The Balaban J connectivity index is 2.03. The van der Waals surface area contributed by atoms with Gasteiger partial charge in [0.1, 0.15) is 6.54 Å². The lowest BCUT2D eigenvalue weighted by Crippen LogP contribution is -2.27. The summed E-state index contributed by atoms with van der Waals surface area (Å²) in [7, 11) is 3.33. The zero-order chi connectivity index (χ0) is 17.0.